The van der Waals surface area contributed by atoms with Crippen molar-refractivity contribution in [3.63, 3.8) is 0 Å². The first kappa shape index (κ1) is 22.5. The number of ether oxygens (including phenoxy) is 1. The molecule has 0 radical (unpaired) electrons. The highest BCUT2D eigenvalue weighted by Gasteiger charge is 2.26. The molecule has 0 bridgehead atoms. The molecule has 1 aliphatic rings. The molecule has 0 spiro atoms. The summed E-state index contributed by atoms with van der Waals surface area (Å²) in [6, 6.07) is 9.97. The van der Waals surface area contributed by atoms with E-state index >= 15 is 0 Å². The van der Waals surface area contributed by atoms with Gasteiger partial charge < -0.3 is 10.1 Å². The van der Waals surface area contributed by atoms with E-state index in [0.29, 0.717) is 32.0 Å². The van der Waals surface area contributed by atoms with Gasteiger partial charge in [0.1, 0.15) is 0 Å². The number of anilines is 2. The number of carbonyl (C=O) groups excluding carboxylic acids is 1. The van der Waals surface area contributed by atoms with Gasteiger partial charge >= 0.3 is 0 Å². The number of nitrogens with one attached hydrogen (secondary N) is 2. The Kier molecular flexibility index (Phi) is 6.68. The van der Waals surface area contributed by atoms with Crippen molar-refractivity contribution in [3.8, 4) is 0 Å². The third kappa shape index (κ3) is 5.49. The van der Waals surface area contributed by atoms with Gasteiger partial charge in [-0.05, 0) is 42.5 Å². The fraction of sp³-hybridized carbons (Fsp3) is 0.278. The van der Waals surface area contributed by atoms with E-state index in [2.05, 4.69) is 10.0 Å². The number of carbonyl (C=O) groups is 1. The first-order valence-electron chi connectivity index (χ1n) is 8.83. The average Bonchev–Trinajstić information content (AvgIpc) is 2.69. The quantitative estimate of drug-likeness (QED) is 0.661. The van der Waals surface area contributed by atoms with Gasteiger partial charge in [-0.25, -0.2) is 16.8 Å². The topological polar surface area (TPSA) is 122 Å². The largest absolute Gasteiger partial charge is 0.379 e. The van der Waals surface area contributed by atoms with Crippen LogP contribution in [-0.4, -0.2) is 59.6 Å². The molecule has 1 aliphatic heterocycles. The number of amides is 1. The maximum atomic E-state index is 12.6. The van der Waals surface area contributed by atoms with E-state index in [9.17, 15) is 21.6 Å². The van der Waals surface area contributed by atoms with Gasteiger partial charge in [0.25, 0.3) is 5.91 Å². The highest BCUT2D eigenvalue weighted by atomic mass is 35.5. The van der Waals surface area contributed by atoms with Crippen molar-refractivity contribution in [2.45, 2.75) is 4.90 Å². The van der Waals surface area contributed by atoms with Gasteiger partial charge in [0.05, 0.1) is 35.1 Å². The number of sulfonamides is 2. The number of morpholine rings is 1. The molecule has 0 saturated carbocycles. The maximum Gasteiger partial charge on any atom is 0.255 e. The first-order chi connectivity index (χ1) is 14.1. The van der Waals surface area contributed by atoms with Gasteiger partial charge in [0, 0.05) is 24.3 Å². The van der Waals surface area contributed by atoms with Crippen molar-refractivity contribution < 1.29 is 26.4 Å². The summed E-state index contributed by atoms with van der Waals surface area (Å²) in [6.45, 7) is 1.31. The molecule has 3 rings (SSSR count). The Labute approximate surface area is 180 Å². The van der Waals surface area contributed by atoms with Crippen LogP contribution in [0, 0.1) is 0 Å². The summed E-state index contributed by atoms with van der Waals surface area (Å²) < 4.78 is 56.7. The number of nitrogens with zero attached hydrogens (tertiary/aromatic N) is 1. The van der Waals surface area contributed by atoms with Gasteiger partial charge in [0.15, 0.2) is 0 Å². The first-order valence-corrected chi connectivity index (χ1v) is 12.5. The van der Waals surface area contributed by atoms with Crippen LogP contribution in [0.25, 0.3) is 0 Å². The van der Waals surface area contributed by atoms with Crippen molar-refractivity contribution in [1.82, 2.24) is 4.31 Å². The molecule has 2 N–H and O–H groups in total. The molecule has 2 aromatic rings. The smallest absolute Gasteiger partial charge is 0.255 e. The van der Waals surface area contributed by atoms with Crippen LogP contribution in [-0.2, 0) is 24.8 Å². The van der Waals surface area contributed by atoms with Gasteiger partial charge in [-0.1, -0.05) is 11.6 Å². The Morgan fingerprint density at radius 3 is 2.23 bits per heavy atom. The fourth-order valence-electron chi connectivity index (χ4n) is 2.79. The minimum Gasteiger partial charge on any atom is -0.379 e. The molecule has 1 fully saturated rings. The second-order valence-electron chi connectivity index (χ2n) is 6.56. The van der Waals surface area contributed by atoms with E-state index in [-0.39, 0.29) is 21.2 Å². The number of hydrogen-bond donors (Lipinski definition) is 2. The van der Waals surface area contributed by atoms with Crippen LogP contribution in [0.2, 0.25) is 5.02 Å². The molecule has 1 heterocycles. The Hall–Kier alpha value is -2.18. The Morgan fingerprint density at radius 2 is 1.67 bits per heavy atom. The molecule has 0 aromatic heterocycles. The lowest BCUT2D eigenvalue weighted by Gasteiger charge is -2.26. The second-order valence-corrected chi connectivity index (χ2v) is 10.7. The van der Waals surface area contributed by atoms with Crippen molar-refractivity contribution >= 4 is 48.9 Å². The molecule has 30 heavy (non-hydrogen) atoms. The lowest BCUT2D eigenvalue weighted by atomic mass is 10.2. The summed E-state index contributed by atoms with van der Waals surface area (Å²) in [5, 5.41) is 2.72. The molecule has 1 saturated heterocycles. The van der Waals surface area contributed by atoms with E-state index in [1.54, 1.807) is 0 Å². The normalized spacial score (nSPS) is 15.5. The summed E-state index contributed by atoms with van der Waals surface area (Å²) in [5.41, 5.74) is 0.771. The van der Waals surface area contributed by atoms with Crippen LogP contribution in [0.4, 0.5) is 11.4 Å². The van der Waals surface area contributed by atoms with E-state index < -0.39 is 26.0 Å². The van der Waals surface area contributed by atoms with Crippen molar-refractivity contribution in [3.05, 3.63) is 53.1 Å². The van der Waals surface area contributed by atoms with E-state index in [1.165, 1.54) is 46.8 Å². The molecule has 9 nitrogen and oxygen atoms in total. The van der Waals surface area contributed by atoms with Crippen LogP contribution in [0.5, 0.6) is 0 Å². The SMILES string of the molecule is CS(=O)(=O)Nc1ccc(C(=O)Nc2ccc(S(=O)(=O)N3CCOCC3)cc2)cc1Cl. The predicted octanol–water partition coefficient (Wildman–Crippen LogP) is 1.98. The maximum absolute atomic E-state index is 12.6. The molecule has 12 heteroatoms. The molecular weight excluding hydrogens is 454 g/mol. The lowest BCUT2D eigenvalue weighted by molar-refractivity contribution is 0.0730. The van der Waals surface area contributed by atoms with Crippen LogP contribution >= 0.6 is 11.6 Å². The average molecular weight is 474 g/mol. The van der Waals surface area contributed by atoms with Gasteiger partial charge in [-0.15, -0.1) is 0 Å². The van der Waals surface area contributed by atoms with Crippen molar-refractivity contribution in [2.24, 2.45) is 0 Å². The zero-order valence-electron chi connectivity index (χ0n) is 16.0. The summed E-state index contributed by atoms with van der Waals surface area (Å²) in [6.07, 6.45) is 0.993. The second kappa shape index (κ2) is 8.90. The van der Waals surface area contributed by atoms with E-state index in [1.807, 2.05) is 0 Å². The predicted molar refractivity (Wildman–Crippen MR) is 114 cm³/mol. The molecule has 2 aromatic carbocycles. The number of benzene rings is 2. The lowest BCUT2D eigenvalue weighted by Crippen LogP contribution is -2.40. The summed E-state index contributed by atoms with van der Waals surface area (Å²) in [4.78, 5) is 12.6. The standard InChI is InChI=1S/C18H20ClN3O6S2/c1-29(24,25)21-17-7-2-13(12-16(17)19)18(23)20-14-3-5-15(6-4-14)30(26,27)22-8-10-28-11-9-22/h2-7,12,21H,8-11H2,1H3,(H,20,23). The zero-order valence-corrected chi connectivity index (χ0v) is 18.3. The van der Waals surface area contributed by atoms with Gasteiger partial charge in [0.2, 0.25) is 20.0 Å². The molecule has 1 amide bonds. The number of hydrogen-bond acceptors (Lipinski definition) is 6. The van der Waals surface area contributed by atoms with Crippen molar-refractivity contribution in [2.75, 3.05) is 42.6 Å². The highest BCUT2D eigenvalue weighted by molar-refractivity contribution is 7.92. The molecular formula is C18H20ClN3O6S2. The van der Waals surface area contributed by atoms with Crippen LogP contribution < -0.4 is 10.0 Å². The van der Waals surface area contributed by atoms with Gasteiger partial charge in [-0.2, -0.15) is 4.31 Å². The van der Waals surface area contributed by atoms with Crippen molar-refractivity contribution in [1.29, 1.82) is 0 Å². The third-order valence-corrected chi connectivity index (χ3v) is 7.06. The van der Waals surface area contributed by atoms with Gasteiger partial charge in [-0.3, -0.25) is 9.52 Å². The van der Waals surface area contributed by atoms with Crippen LogP contribution in [0.1, 0.15) is 10.4 Å². The summed E-state index contributed by atoms with van der Waals surface area (Å²) in [5.74, 6) is -0.480. The Morgan fingerprint density at radius 1 is 1.03 bits per heavy atom. The van der Waals surface area contributed by atoms with E-state index in [0.717, 1.165) is 6.26 Å². The van der Waals surface area contributed by atoms with Crippen LogP contribution in [0.3, 0.4) is 0 Å². The number of rotatable bonds is 6. The third-order valence-electron chi connectivity index (χ3n) is 4.25. The zero-order chi connectivity index (χ0) is 21.9. The molecule has 0 unspecified atom stereocenters. The minimum atomic E-state index is -3.62. The van der Waals surface area contributed by atoms with E-state index in [4.69, 9.17) is 16.3 Å². The minimum absolute atomic E-state index is 0.0695. The monoisotopic (exact) mass is 473 g/mol. The summed E-state index contributed by atoms with van der Waals surface area (Å²) >= 11 is 6.04. The Balaban J connectivity index is 1.71. The molecule has 162 valence electrons. The van der Waals surface area contributed by atoms with Crippen LogP contribution in [0.15, 0.2) is 47.4 Å². The molecule has 0 aliphatic carbocycles. The highest BCUT2D eigenvalue weighted by Crippen LogP contribution is 2.25. The summed E-state index contributed by atoms with van der Waals surface area (Å²) in [7, 11) is -7.12. The fourth-order valence-corrected chi connectivity index (χ4v) is 5.06. The Bertz CT molecular complexity index is 1140. The molecule has 0 atom stereocenters. The number of halogens is 1.